The van der Waals surface area contributed by atoms with Gasteiger partial charge in [-0.15, -0.1) is 0 Å². The smallest absolute Gasteiger partial charge is 0.338 e. The molecule has 0 bridgehead atoms. The van der Waals surface area contributed by atoms with E-state index in [1.165, 1.54) is 25.5 Å². The quantitative estimate of drug-likeness (QED) is 0.845. The number of hydrogen-bond donors (Lipinski definition) is 2. The van der Waals surface area contributed by atoms with E-state index >= 15 is 0 Å². The van der Waals surface area contributed by atoms with E-state index < -0.39 is 5.97 Å². The maximum absolute atomic E-state index is 10.7. The Morgan fingerprint density at radius 2 is 2.47 bits per heavy atom. The first-order valence-corrected chi connectivity index (χ1v) is 7.06. The first-order valence-electron chi connectivity index (χ1n) is 5.77. The predicted molar refractivity (Wildman–Crippen MR) is 67.4 cm³/mol. The number of rotatable bonds is 5. The molecule has 0 aromatic carbocycles. The number of carboxylic acids is 1. The van der Waals surface area contributed by atoms with Crippen molar-refractivity contribution in [3.05, 3.63) is 23.7 Å². The predicted octanol–water partition coefficient (Wildman–Crippen LogP) is 2.35. The van der Waals surface area contributed by atoms with Gasteiger partial charge in [0.1, 0.15) is 12.0 Å². The number of furan rings is 1. The van der Waals surface area contributed by atoms with E-state index in [4.69, 9.17) is 9.52 Å². The van der Waals surface area contributed by atoms with E-state index in [-0.39, 0.29) is 5.56 Å². The molecule has 2 unspecified atom stereocenters. The SMILES string of the molecule is CSC1CCCC1NCc1cc(C(=O)O)co1. The van der Waals surface area contributed by atoms with Crippen LogP contribution in [0.3, 0.4) is 0 Å². The maximum atomic E-state index is 10.7. The van der Waals surface area contributed by atoms with Crippen molar-refractivity contribution in [2.24, 2.45) is 0 Å². The molecule has 0 spiro atoms. The summed E-state index contributed by atoms with van der Waals surface area (Å²) in [5.74, 6) is -0.253. The minimum atomic E-state index is -0.942. The van der Waals surface area contributed by atoms with Gasteiger partial charge in [0, 0.05) is 11.3 Å². The van der Waals surface area contributed by atoms with Crippen LogP contribution in [0.5, 0.6) is 0 Å². The Hall–Kier alpha value is -0.940. The fraction of sp³-hybridized carbons (Fsp3) is 0.583. The number of aromatic carboxylic acids is 1. The van der Waals surface area contributed by atoms with Gasteiger partial charge in [-0.25, -0.2) is 4.79 Å². The van der Waals surface area contributed by atoms with Crippen molar-refractivity contribution in [2.45, 2.75) is 37.1 Å². The molecule has 0 radical (unpaired) electrons. The molecule has 1 aliphatic carbocycles. The Balaban J connectivity index is 1.86. The normalized spacial score (nSPS) is 24.1. The monoisotopic (exact) mass is 255 g/mol. The van der Waals surface area contributed by atoms with Gasteiger partial charge in [0.2, 0.25) is 0 Å². The van der Waals surface area contributed by atoms with Gasteiger partial charge in [-0.2, -0.15) is 11.8 Å². The van der Waals surface area contributed by atoms with Gasteiger partial charge in [0.25, 0.3) is 0 Å². The van der Waals surface area contributed by atoms with Gasteiger partial charge in [0.15, 0.2) is 0 Å². The number of hydrogen-bond acceptors (Lipinski definition) is 4. The van der Waals surface area contributed by atoms with Gasteiger partial charge in [-0.3, -0.25) is 0 Å². The Morgan fingerprint density at radius 3 is 3.12 bits per heavy atom. The second kappa shape index (κ2) is 5.60. The first-order chi connectivity index (χ1) is 8.20. The zero-order valence-electron chi connectivity index (χ0n) is 9.81. The van der Waals surface area contributed by atoms with Crippen molar-refractivity contribution >= 4 is 17.7 Å². The fourth-order valence-corrected chi connectivity index (χ4v) is 3.22. The third kappa shape index (κ3) is 3.04. The van der Waals surface area contributed by atoms with E-state index in [1.807, 2.05) is 11.8 Å². The standard InChI is InChI=1S/C12H17NO3S/c1-17-11-4-2-3-10(11)13-6-9-5-8(7-16-9)12(14)15/h5,7,10-11,13H,2-4,6H2,1H3,(H,14,15). The van der Waals surface area contributed by atoms with Crippen molar-refractivity contribution in [1.29, 1.82) is 0 Å². The molecule has 1 saturated carbocycles. The molecule has 5 heteroatoms. The summed E-state index contributed by atoms with van der Waals surface area (Å²) in [6.07, 6.45) is 7.15. The molecule has 2 atom stereocenters. The minimum Gasteiger partial charge on any atom is -0.478 e. The molecule has 2 N–H and O–H groups in total. The molecule has 1 aromatic heterocycles. The summed E-state index contributed by atoms with van der Waals surface area (Å²) >= 11 is 1.90. The van der Waals surface area contributed by atoms with Crippen molar-refractivity contribution < 1.29 is 14.3 Å². The van der Waals surface area contributed by atoms with Crippen LogP contribution in [-0.2, 0) is 6.54 Å². The van der Waals surface area contributed by atoms with Crippen LogP contribution in [0.25, 0.3) is 0 Å². The average Bonchev–Trinajstić information content (AvgIpc) is 2.95. The van der Waals surface area contributed by atoms with Crippen LogP contribution in [0.1, 0.15) is 35.4 Å². The van der Waals surface area contributed by atoms with Crippen LogP contribution in [0.4, 0.5) is 0 Å². The highest BCUT2D eigenvalue weighted by atomic mass is 32.2. The van der Waals surface area contributed by atoms with E-state index in [0.29, 0.717) is 23.6 Å². The molecule has 0 amide bonds. The zero-order chi connectivity index (χ0) is 12.3. The second-order valence-electron chi connectivity index (χ2n) is 4.30. The van der Waals surface area contributed by atoms with Crippen molar-refractivity contribution in [2.75, 3.05) is 6.26 Å². The number of carboxylic acid groups (broad SMARTS) is 1. The maximum Gasteiger partial charge on any atom is 0.338 e. The van der Waals surface area contributed by atoms with E-state index in [2.05, 4.69) is 11.6 Å². The highest BCUT2D eigenvalue weighted by Crippen LogP contribution is 2.28. The summed E-state index contributed by atoms with van der Waals surface area (Å²) < 4.78 is 5.20. The second-order valence-corrected chi connectivity index (χ2v) is 5.38. The van der Waals surface area contributed by atoms with Gasteiger partial charge >= 0.3 is 5.97 Å². The lowest BCUT2D eigenvalue weighted by Crippen LogP contribution is -2.33. The van der Waals surface area contributed by atoms with Gasteiger partial charge in [-0.05, 0) is 25.2 Å². The summed E-state index contributed by atoms with van der Waals surface area (Å²) in [6, 6.07) is 2.10. The Kier molecular flexibility index (Phi) is 4.12. The third-order valence-corrected chi connectivity index (χ3v) is 4.36. The van der Waals surface area contributed by atoms with Crippen LogP contribution in [0.15, 0.2) is 16.7 Å². The van der Waals surface area contributed by atoms with E-state index in [9.17, 15) is 4.79 Å². The van der Waals surface area contributed by atoms with Crippen molar-refractivity contribution in [1.82, 2.24) is 5.32 Å². The van der Waals surface area contributed by atoms with E-state index in [0.717, 1.165) is 0 Å². The third-order valence-electron chi connectivity index (χ3n) is 3.19. The highest BCUT2D eigenvalue weighted by Gasteiger charge is 2.26. The molecule has 94 valence electrons. The van der Waals surface area contributed by atoms with Crippen LogP contribution in [0, 0.1) is 0 Å². The highest BCUT2D eigenvalue weighted by molar-refractivity contribution is 7.99. The molecular formula is C12H17NO3S. The molecular weight excluding hydrogens is 238 g/mol. The summed E-state index contributed by atoms with van der Waals surface area (Å²) in [4.78, 5) is 10.7. The number of nitrogens with one attached hydrogen (secondary N) is 1. The molecule has 1 aliphatic rings. The van der Waals surface area contributed by atoms with E-state index in [1.54, 1.807) is 6.07 Å². The fourth-order valence-electron chi connectivity index (χ4n) is 2.26. The zero-order valence-corrected chi connectivity index (χ0v) is 10.6. The van der Waals surface area contributed by atoms with Crippen LogP contribution in [-0.4, -0.2) is 28.6 Å². The molecule has 1 heterocycles. The average molecular weight is 255 g/mol. The van der Waals surface area contributed by atoms with Crippen LogP contribution >= 0.6 is 11.8 Å². The Bertz CT molecular complexity index is 391. The molecule has 17 heavy (non-hydrogen) atoms. The Labute approximate surface area is 105 Å². The molecule has 1 fully saturated rings. The van der Waals surface area contributed by atoms with Gasteiger partial charge in [0.05, 0.1) is 12.1 Å². The topological polar surface area (TPSA) is 62.5 Å². The summed E-state index contributed by atoms with van der Waals surface area (Å²) in [7, 11) is 0. The van der Waals surface area contributed by atoms with Crippen molar-refractivity contribution in [3.8, 4) is 0 Å². The number of thioether (sulfide) groups is 1. The molecule has 0 saturated heterocycles. The molecule has 4 nitrogen and oxygen atoms in total. The first kappa shape index (κ1) is 12.5. The summed E-state index contributed by atoms with van der Waals surface area (Å²) in [5, 5.41) is 12.9. The van der Waals surface area contributed by atoms with Gasteiger partial charge in [-0.1, -0.05) is 6.42 Å². The molecule has 0 aliphatic heterocycles. The van der Waals surface area contributed by atoms with Crippen LogP contribution < -0.4 is 5.32 Å². The summed E-state index contributed by atoms with van der Waals surface area (Å²) in [5.41, 5.74) is 0.217. The van der Waals surface area contributed by atoms with Crippen molar-refractivity contribution in [3.63, 3.8) is 0 Å². The lowest BCUT2D eigenvalue weighted by molar-refractivity contribution is 0.0696. The Morgan fingerprint density at radius 1 is 1.65 bits per heavy atom. The van der Waals surface area contributed by atoms with Crippen LogP contribution in [0.2, 0.25) is 0 Å². The molecule has 1 aromatic rings. The minimum absolute atomic E-state index is 0.217. The lowest BCUT2D eigenvalue weighted by atomic mass is 10.2. The largest absolute Gasteiger partial charge is 0.478 e. The van der Waals surface area contributed by atoms with Gasteiger partial charge < -0.3 is 14.8 Å². The molecule has 2 rings (SSSR count). The summed E-state index contributed by atoms with van der Waals surface area (Å²) in [6.45, 7) is 0.606. The lowest BCUT2D eigenvalue weighted by Gasteiger charge is -2.18. The number of carbonyl (C=O) groups is 1.